The van der Waals surface area contributed by atoms with Crippen LogP contribution in [0.2, 0.25) is 0 Å². The summed E-state index contributed by atoms with van der Waals surface area (Å²) < 4.78 is 28.3. The van der Waals surface area contributed by atoms with Crippen LogP contribution < -0.4 is 10.1 Å². The zero-order chi connectivity index (χ0) is 16.8. The van der Waals surface area contributed by atoms with Crippen molar-refractivity contribution >= 4 is 11.9 Å². The van der Waals surface area contributed by atoms with E-state index in [4.69, 9.17) is 5.11 Å². The summed E-state index contributed by atoms with van der Waals surface area (Å²) >= 11 is 0. The molecule has 2 N–H and O–H groups in total. The smallest absolute Gasteiger partial charge is 0.387 e. The number of carboxylic acids is 1. The molecule has 1 aliphatic rings. The van der Waals surface area contributed by atoms with Gasteiger partial charge in [-0.1, -0.05) is 12.1 Å². The molecule has 0 spiro atoms. The van der Waals surface area contributed by atoms with E-state index in [0.717, 1.165) is 12.0 Å². The number of carboxylic acid groups (broad SMARTS) is 1. The molecule has 126 valence electrons. The highest BCUT2D eigenvalue weighted by molar-refractivity contribution is 5.80. The number of alkyl halides is 2. The molecule has 8 heteroatoms. The van der Waals surface area contributed by atoms with Crippen molar-refractivity contribution in [3.63, 3.8) is 0 Å². The van der Waals surface area contributed by atoms with Crippen LogP contribution in [-0.4, -0.2) is 47.6 Å². The van der Waals surface area contributed by atoms with E-state index in [9.17, 15) is 18.4 Å². The third-order valence-electron chi connectivity index (χ3n) is 3.63. The predicted octanol–water partition coefficient (Wildman–Crippen LogP) is 1.45. The first-order valence-electron chi connectivity index (χ1n) is 7.23. The number of likely N-dealkylation sites (tertiary alicyclic amines) is 1. The molecule has 1 fully saturated rings. The number of nitrogens with zero attached hydrogens (tertiary/aromatic N) is 1. The number of ether oxygens (including phenoxy) is 1. The van der Waals surface area contributed by atoms with Gasteiger partial charge in [0.15, 0.2) is 0 Å². The quantitative estimate of drug-likeness (QED) is 0.792. The van der Waals surface area contributed by atoms with E-state index in [2.05, 4.69) is 10.1 Å². The molecule has 1 aromatic rings. The largest absolute Gasteiger partial charge is 0.480 e. The number of hydrogen-bond donors (Lipinski definition) is 2. The highest BCUT2D eigenvalue weighted by atomic mass is 19.3. The van der Waals surface area contributed by atoms with Crippen molar-refractivity contribution in [3.05, 3.63) is 29.8 Å². The molecule has 1 heterocycles. The highest BCUT2D eigenvalue weighted by Crippen LogP contribution is 2.17. The average Bonchev–Trinajstić information content (AvgIpc) is 2.94. The fraction of sp³-hybridized carbons (Fsp3) is 0.467. The topological polar surface area (TPSA) is 78.9 Å². The van der Waals surface area contributed by atoms with Gasteiger partial charge >= 0.3 is 12.6 Å². The van der Waals surface area contributed by atoms with Gasteiger partial charge < -0.3 is 15.2 Å². The number of carbonyl (C=O) groups is 2. The number of amides is 1. The van der Waals surface area contributed by atoms with E-state index in [1.165, 1.54) is 12.1 Å². The molecule has 1 atom stereocenters. The average molecular weight is 328 g/mol. The van der Waals surface area contributed by atoms with E-state index in [-0.39, 0.29) is 24.7 Å². The molecule has 0 aliphatic carbocycles. The maximum Gasteiger partial charge on any atom is 0.387 e. The molecular weight excluding hydrogens is 310 g/mol. The Bertz CT molecular complexity index is 551. The highest BCUT2D eigenvalue weighted by Gasteiger charge is 2.31. The minimum absolute atomic E-state index is 0.0313. The zero-order valence-electron chi connectivity index (χ0n) is 12.4. The van der Waals surface area contributed by atoms with E-state index >= 15 is 0 Å². The molecule has 23 heavy (non-hydrogen) atoms. The van der Waals surface area contributed by atoms with E-state index in [0.29, 0.717) is 13.0 Å². The summed E-state index contributed by atoms with van der Waals surface area (Å²) in [4.78, 5) is 24.6. The zero-order valence-corrected chi connectivity index (χ0v) is 12.4. The van der Waals surface area contributed by atoms with Crippen molar-refractivity contribution in [3.8, 4) is 5.75 Å². The molecule has 0 unspecified atom stereocenters. The lowest BCUT2D eigenvalue weighted by Crippen LogP contribution is -2.42. The molecule has 1 aliphatic heterocycles. The third-order valence-corrected chi connectivity index (χ3v) is 3.63. The van der Waals surface area contributed by atoms with Crippen LogP contribution in [0, 0.1) is 0 Å². The summed E-state index contributed by atoms with van der Waals surface area (Å²) in [6.45, 7) is -2.02. The second-order valence-corrected chi connectivity index (χ2v) is 5.27. The number of nitrogens with one attached hydrogen (secondary N) is 1. The fourth-order valence-corrected chi connectivity index (χ4v) is 2.52. The monoisotopic (exact) mass is 328 g/mol. The van der Waals surface area contributed by atoms with Gasteiger partial charge in [-0.05, 0) is 37.1 Å². The van der Waals surface area contributed by atoms with Crippen molar-refractivity contribution in [2.45, 2.75) is 32.0 Å². The minimum Gasteiger partial charge on any atom is -0.480 e. The van der Waals surface area contributed by atoms with Crippen LogP contribution in [-0.2, 0) is 16.1 Å². The van der Waals surface area contributed by atoms with Gasteiger partial charge in [0.05, 0.1) is 6.54 Å². The molecule has 6 nitrogen and oxygen atoms in total. The Balaban J connectivity index is 1.79. The predicted molar refractivity (Wildman–Crippen MR) is 77.2 cm³/mol. The lowest BCUT2D eigenvalue weighted by atomic mass is 10.2. The maximum atomic E-state index is 12.0. The van der Waals surface area contributed by atoms with Crippen molar-refractivity contribution in [1.29, 1.82) is 0 Å². The molecule has 0 saturated carbocycles. The van der Waals surface area contributed by atoms with E-state index in [1.807, 2.05) is 0 Å². The first-order valence-corrected chi connectivity index (χ1v) is 7.23. The second-order valence-electron chi connectivity index (χ2n) is 5.27. The van der Waals surface area contributed by atoms with Gasteiger partial charge in [-0.2, -0.15) is 8.78 Å². The number of aliphatic carboxylic acids is 1. The van der Waals surface area contributed by atoms with Crippen molar-refractivity contribution in [2.75, 3.05) is 13.1 Å². The lowest BCUT2D eigenvalue weighted by molar-refractivity contribution is -0.142. The maximum absolute atomic E-state index is 12.0. The number of rotatable bonds is 7. The fourth-order valence-electron chi connectivity index (χ4n) is 2.52. The van der Waals surface area contributed by atoms with Gasteiger partial charge in [-0.3, -0.25) is 14.5 Å². The Morgan fingerprint density at radius 2 is 2.04 bits per heavy atom. The van der Waals surface area contributed by atoms with Gasteiger partial charge in [-0.25, -0.2) is 0 Å². The third kappa shape index (κ3) is 5.17. The molecule has 0 bridgehead atoms. The molecule has 1 aromatic carbocycles. The van der Waals surface area contributed by atoms with E-state index < -0.39 is 18.6 Å². The minimum atomic E-state index is -2.87. The molecular formula is C15H18F2N2O4. The molecule has 1 saturated heterocycles. The number of halogens is 2. The van der Waals surface area contributed by atoms with Gasteiger partial charge in [0, 0.05) is 6.54 Å². The van der Waals surface area contributed by atoms with Crippen LogP contribution in [0.3, 0.4) is 0 Å². The van der Waals surface area contributed by atoms with Gasteiger partial charge in [-0.15, -0.1) is 0 Å². The summed E-state index contributed by atoms with van der Waals surface area (Å²) in [6, 6.07) is 5.34. The Morgan fingerprint density at radius 3 is 2.65 bits per heavy atom. The summed E-state index contributed by atoms with van der Waals surface area (Å²) in [5, 5.41) is 11.7. The summed E-state index contributed by atoms with van der Waals surface area (Å²) in [5.74, 6) is -1.13. The second kappa shape index (κ2) is 7.87. The number of carbonyl (C=O) groups excluding carboxylic acids is 1. The molecule has 1 amide bonds. The Kier molecular flexibility index (Phi) is 5.86. The standard InChI is InChI=1S/C15H18F2N2O4/c16-15(17)23-11-5-3-10(4-6-11)8-18-13(20)9-19-7-1-2-12(19)14(21)22/h3-6,12,15H,1-2,7-9H2,(H,18,20)(H,21,22)/t12-/m1/s1. The Morgan fingerprint density at radius 1 is 1.35 bits per heavy atom. The Hall–Kier alpha value is -2.22. The SMILES string of the molecule is O=C(CN1CCC[C@@H]1C(=O)O)NCc1ccc(OC(F)F)cc1. The molecule has 0 radical (unpaired) electrons. The first kappa shape index (κ1) is 17.1. The van der Waals surface area contributed by atoms with Gasteiger partial charge in [0.25, 0.3) is 0 Å². The van der Waals surface area contributed by atoms with Crippen molar-refractivity contribution in [1.82, 2.24) is 10.2 Å². The Labute approximate surface area is 132 Å². The lowest BCUT2D eigenvalue weighted by Gasteiger charge is -2.20. The molecule has 2 rings (SSSR count). The summed E-state index contributed by atoms with van der Waals surface area (Å²) in [7, 11) is 0. The van der Waals surface area contributed by atoms with Crippen LogP contribution in [0.15, 0.2) is 24.3 Å². The van der Waals surface area contributed by atoms with Crippen LogP contribution in [0.4, 0.5) is 8.78 Å². The summed E-state index contributed by atoms with van der Waals surface area (Å²) in [5.41, 5.74) is 0.733. The van der Waals surface area contributed by atoms with Crippen LogP contribution >= 0.6 is 0 Å². The van der Waals surface area contributed by atoms with E-state index in [1.54, 1.807) is 17.0 Å². The number of hydrogen-bond acceptors (Lipinski definition) is 4. The van der Waals surface area contributed by atoms with Crippen LogP contribution in [0.5, 0.6) is 5.75 Å². The van der Waals surface area contributed by atoms with Crippen molar-refractivity contribution < 1.29 is 28.2 Å². The number of benzene rings is 1. The van der Waals surface area contributed by atoms with Crippen molar-refractivity contribution in [2.24, 2.45) is 0 Å². The van der Waals surface area contributed by atoms with Gasteiger partial charge in [0.2, 0.25) is 5.91 Å². The van der Waals surface area contributed by atoms with Crippen LogP contribution in [0.25, 0.3) is 0 Å². The van der Waals surface area contributed by atoms with Gasteiger partial charge in [0.1, 0.15) is 11.8 Å². The summed E-state index contributed by atoms with van der Waals surface area (Å²) in [6.07, 6.45) is 1.31. The molecule has 0 aromatic heterocycles. The first-order chi connectivity index (χ1) is 11.0. The van der Waals surface area contributed by atoms with Crippen LogP contribution in [0.1, 0.15) is 18.4 Å². The normalized spacial score (nSPS) is 18.1.